The molecule has 0 amide bonds. The van der Waals surface area contributed by atoms with E-state index < -0.39 is 0 Å². The predicted octanol–water partition coefficient (Wildman–Crippen LogP) is 7.72. The summed E-state index contributed by atoms with van der Waals surface area (Å²) in [4.78, 5) is 16.3. The number of pyridine rings is 1. The van der Waals surface area contributed by atoms with Crippen molar-refractivity contribution in [3.8, 4) is 0 Å². The molecule has 1 rings (SSSR count). The molecule has 1 atom stereocenters. The second kappa shape index (κ2) is 16.3. The number of aromatic nitrogens is 1. The summed E-state index contributed by atoms with van der Waals surface area (Å²) in [5.41, 5.74) is 1.27. The summed E-state index contributed by atoms with van der Waals surface area (Å²) in [7, 11) is 0. The van der Waals surface area contributed by atoms with Crippen molar-refractivity contribution in [2.45, 2.75) is 110 Å². The van der Waals surface area contributed by atoms with Crippen LogP contribution in [0.15, 0.2) is 36.5 Å². The zero-order chi connectivity index (χ0) is 20.5. The van der Waals surface area contributed by atoms with Gasteiger partial charge in [0, 0.05) is 11.8 Å². The van der Waals surface area contributed by atoms with Gasteiger partial charge in [0.2, 0.25) is 0 Å². The molecule has 3 nitrogen and oxygen atoms in total. The van der Waals surface area contributed by atoms with Gasteiger partial charge in [-0.1, -0.05) is 96.6 Å². The molecule has 0 N–H and O–H groups in total. The maximum atomic E-state index is 11.9. The van der Waals surface area contributed by atoms with Gasteiger partial charge in [0.1, 0.15) is 6.10 Å². The standard InChI is InChI=1S/C25H41NO2/c1-4-5-6-7-8-9-10-11-12-13-14-15-16-20-24(28-25(27)22(2)3)23-19-17-18-21-26-23/h17-19,21,24H,2,4-16,20H2,1,3H3. The molecule has 0 radical (unpaired) electrons. The Hall–Kier alpha value is -1.64. The lowest BCUT2D eigenvalue weighted by atomic mass is 10.0. The number of hydrogen-bond acceptors (Lipinski definition) is 3. The minimum atomic E-state index is -0.328. The Kier molecular flexibility index (Phi) is 14.2. The molecule has 0 fully saturated rings. The smallest absolute Gasteiger partial charge is 0.333 e. The van der Waals surface area contributed by atoms with Crippen LogP contribution in [0.4, 0.5) is 0 Å². The van der Waals surface area contributed by atoms with Crippen molar-refractivity contribution in [3.63, 3.8) is 0 Å². The molecule has 0 bridgehead atoms. The quantitative estimate of drug-likeness (QED) is 0.156. The molecule has 1 aromatic rings. The summed E-state index contributed by atoms with van der Waals surface area (Å²) in [5.74, 6) is -0.328. The van der Waals surface area contributed by atoms with Crippen LogP contribution in [-0.2, 0) is 9.53 Å². The summed E-state index contributed by atoms with van der Waals surface area (Å²) in [5, 5.41) is 0. The molecule has 0 saturated carbocycles. The van der Waals surface area contributed by atoms with E-state index in [0.29, 0.717) is 5.57 Å². The highest BCUT2D eigenvalue weighted by Crippen LogP contribution is 2.24. The zero-order valence-electron chi connectivity index (χ0n) is 18.3. The first kappa shape index (κ1) is 24.4. The monoisotopic (exact) mass is 387 g/mol. The van der Waals surface area contributed by atoms with Gasteiger partial charge in [-0.3, -0.25) is 4.98 Å². The number of ether oxygens (including phenoxy) is 1. The van der Waals surface area contributed by atoms with Gasteiger partial charge in [0.15, 0.2) is 0 Å². The molecule has 0 aliphatic carbocycles. The Morgan fingerprint density at radius 2 is 1.46 bits per heavy atom. The van der Waals surface area contributed by atoms with E-state index in [0.717, 1.165) is 18.5 Å². The lowest BCUT2D eigenvalue weighted by Crippen LogP contribution is -2.13. The number of hydrogen-bond donors (Lipinski definition) is 0. The minimum absolute atomic E-state index is 0.266. The highest BCUT2D eigenvalue weighted by Gasteiger charge is 2.17. The molecular formula is C25H41NO2. The first-order valence-electron chi connectivity index (χ1n) is 11.4. The molecule has 1 unspecified atom stereocenters. The van der Waals surface area contributed by atoms with Crippen molar-refractivity contribution in [2.75, 3.05) is 0 Å². The summed E-state index contributed by atoms with van der Waals surface area (Å²) in [6.07, 6.45) is 19.6. The first-order valence-corrected chi connectivity index (χ1v) is 11.4. The van der Waals surface area contributed by atoms with E-state index in [1.54, 1.807) is 13.1 Å². The third-order valence-electron chi connectivity index (χ3n) is 5.19. The number of unbranched alkanes of at least 4 members (excludes halogenated alkanes) is 12. The van der Waals surface area contributed by atoms with Crippen molar-refractivity contribution in [1.29, 1.82) is 0 Å². The van der Waals surface area contributed by atoms with Gasteiger partial charge in [0.05, 0.1) is 5.69 Å². The molecule has 158 valence electrons. The Morgan fingerprint density at radius 3 is 1.93 bits per heavy atom. The molecule has 1 heterocycles. The van der Waals surface area contributed by atoms with Crippen LogP contribution in [0.3, 0.4) is 0 Å². The first-order chi connectivity index (χ1) is 13.6. The topological polar surface area (TPSA) is 39.2 Å². The molecule has 0 spiro atoms. The molecular weight excluding hydrogens is 346 g/mol. The number of nitrogens with zero attached hydrogens (tertiary/aromatic N) is 1. The van der Waals surface area contributed by atoms with Gasteiger partial charge in [-0.05, 0) is 31.9 Å². The van der Waals surface area contributed by atoms with E-state index in [1.165, 1.54) is 77.0 Å². The van der Waals surface area contributed by atoms with Crippen LogP contribution in [0.5, 0.6) is 0 Å². The van der Waals surface area contributed by atoms with Crippen molar-refractivity contribution in [1.82, 2.24) is 4.98 Å². The van der Waals surface area contributed by atoms with Gasteiger partial charge in [-0.25, -0.2) is 4.79 Å². The SMILES string of the molecule is C=C(C)C(=O)OC(CCCCCCCCCCCCCCC)c1ccccn1. The van der Waals surface area contributed by atoms with Gasteiger partial charge < -0.3 is 4.74 Å². The summed E-state index contributed by atoms with van der Waals surface area (Å²) >= 11 is 0. The number of carbonyl (C=O) groups is 1. The van der Waals surface area contributed by atoms with E-state index in [1.807, 2.05) is 18.2 Å². The van der Waals surface area contributed by atoms with E-state index in [-0.39, 0.29) is 12.1 Å². The molecule has 0 aliphatic rings. The number of carbonyl (C=O) groups excluding carboxylic acids is 1. The molecule has 1 aromatic heterocycles. The largest absolute Gasteiger partial charge is 0.453 e. The van der Waals surface area contributed by atoms with Crippen molar-refractivity contribution >= 4 is 5.97 Å². The average Bonchev–Trinajstić information content (AvgIpc) is 2.71. The van der Waals surface area contributed by atoms with Crippen LogP contribution in [0.25, 0.3) is 0 Å². The van der Waals surface area contributed by atoms with E-state index in [9.17, 15) is 4.79 Å². The Balaban J connectivity index is 2.11. The number of esters is 1. The molecule has 0 saturated heterocycles. The lowest BCUT2D eigenvalue weighted by molar-refractivity contribution is -0.145. The molecule has 3 heteroatoms. The third-order valence-corrected chi connectivity index (χ3v) is 5.19. The second-order valence-corrected chi connectivity index (χ2v) is 7.96. The number of rotatable bonds is 17. The van der Waals surface area contributed by atoms with Crippen LogP contribution in [0, 0.1) is 0 Å². The minimum Gasteiger partial charge on any atom is -0.453 e. The van der Waals surface area contributed by atoms with E-state index in [2.05, 4.69) is 18.5 Å². The van der Waals surface area contributed by atoms with Crippen molar-refractivity contribution < 1.29 is 9.53 Å². The summed E-state index contributed by atoms with van der Waals surface area (Å²) in [6.45, 7) is 7.63. The molecule has 0 aliphatic heterocycles. The fourth-order valence-corrected chi connectivity index (χ4v) is 3.41. The Labute approximate surface area is 173 Å². The van der Waals surface area contributed by atoms with Crippen molar-refractivity contribution in [3.05, 3.63) is 42.2 Å². The average molecular weight is 388 g/mol. The summed E-state index contributed by atoms with van der Waals surface area (Å²) in [6, 6.07) is 5.75. The fourth-order valence-electron chi connectivity index (χ4n) is 3.41. The van der Waals surface area contributed by atoms with Crippen LogP contribution < -0.4 is 0 Å². The van der Waals surface area contributed by atoms with E-state index in [4.69, 9.17) is 4.74 Å². The second-order valence-electron chi connectivity index (χ2n) is 7.96. The van der Waals surface area contributed by atoms with Crippen LogP contribution in [0.1, 0.15) is 116 Å². The van der Waals surface area contributed by atoms with Gasteiger partial charge >= 0.3 is 5.97 Å². The molecule has 0 aromatic carbocycles. The Morgan fingerprint density at radius 1 is 0.929 bits per heavy atom. The lowest BCUT2D eigenvalue weighted by Gasteiger charge is -2.17. The third kappa shape index (κ3) is 11.9. The highest BCUT2D eigenvalue weighted by molar-refractivity contribution is 5.87. The van der Waals surface area contributed by atoms with Crippen LogP contribution >= 0.6 is 0 Å². The van der Waals surface area contributed by atoms with E-state index >= 15 is 0 Å². The molecule has 28 heavy (non-hydrogen) atoms. The van der Waals surface area contributed by atoms with Crippen LogP contribution in [-0.4, -0.2) is 11.0 Å². The normalized spacial score (nSPS) is 11.9. The van der Waals surface area contributed by atoms with Gasteiger partial charge in [-0.2, -0.15) is 0 Å². The zero-order valence-corrected chi connectivity index (χ0v) is 18.3. The fraction of sp³-hybridized carbons (Fsp3) is 0.680. The predicted molar refractivity (Wildman–Crippen MR) is 118 cm³/mol. The van der Waals surface area contributed by atoms with Gasteiger partial charge in [-0.15, -0.1) is 0 Å². The van der Waals surface area contributed by atoms with Crippen molar-refractivity contribution in [2.24, 2.45) is 0 Å². The van der Waals surface area contributed by atoms with Crippen LogP contribution in [0.2, 0.25) is 0 Å². The van der Waals surface area contributed by atoms with Gasteiger partial charge in [0.25, 0.3) is 0 Å². The summed E-state index contributed by atoms with van der Waals surface area (Å²) < 4.78 is 5.60. The maximum Gasteiger partial charge on any atom is 0.333 e. The highest BCUT2D eigenvalue weighted by atomic mass is 16.5. The maximum absolute atomic E-state index is 11.9. The Bertz CT molecular complexity index is 527.